The molecule has 0 amide bonds. The van der Waals surface area contributed by atoms with E-state index in [9.17, 15) is 8.42 Å². The van der Waals surface area contributed by atoms with Crippen LogP contribution >= 0.6 is 12.0 Å². The second-order valence-corrected chi connectivity index (χ2v) is 3.22. The number of hydrogen-bond acceptors (Lipinski definition) is 7. The molecule has 1 rings (SSSR count). The second kappa shape index (κ2) is 3.51. The highest BCUT2D eigenvalue weighted by Gasteiger charge is 2.16. The van der Waals surface area contributed by atoms with Gasteiger partial charge in [-0.15, -0.1) is 4.33 Å². The van der Waals surface area contributed by atoms with Crippen molar-refractivity contribution in [1.82, 2.24) is 0 Å². The zero-order valence-corrected chi connectivity index (χ0v) is 6.31. The van der Waals surface area contributed by atoms with Crippen molar-refractivity contribution in [2.24, 2.45) is 0 Å². The lowest BCUT2D eigenvalue weighted by Gasteiger charge is -2.06. The Balaban J connectivity index is 2.46. The Hall–Kier alpha value is 0.140. The molecule has 8 heteroatoms. The van der Waals surface area contributed by atoms with E-state index in [0.29, 0.717) is 5.75 Å². The summed E-state index contributed by atoms with van der Waals surface area (Å²) >= 11 is 0.893. The van der Waals surface area contributed by atoms with Crippen LogP contribution in [-0.4, -0.2) is 20.8 Å². The number of rotatable bonds is 0. The lowest BCUT2D eigenvalue weighted by molar-refractivity contribution is -0.406. The standard InChI is InChI=1S/C2H4O6S2/c3-10(4)5-1-2-9-7-6-8-10/h1-2H2. The number of hydrogen-bond donors (Lipinski definition) is 0. The molecule has 1 aliphatic heterocycles. The fourth-order valence-electron chi connectivity index (χ4n) is 0.289. The molecule has 0 aromatic rings. The first-order valence-corrected chi connectivity index (χ1v) is 4.49. The van der Waals surface area contributed by atoms with Gasteiger partial charge < -0.3 is 0 Å². The monoisotopic (exact) mass is 188 g/mol. The first-order valence-electron chi connectivity index (χ1n) is 2.24. The Morgan fingerprint density at radius 2 is 2.20 bits per heavy atom. The van der Waals surface area contributed by atoms with Crippen molar-refractivity contribution in [2.75, 3.05) is 12.4 Å². The van der Waals surface area contributed by atoms with E-state index >= 15 is 0 Å². The lowest BCUT2D eigenvalue weighted by Crippen LogP contribution is -2.14. The average molecular weight is 188 g/mol. The molecule has 0 unspecified atom stereocenters. The summed E-state index contributed by atoms with van der Waals surface area (Å²) in [5.74, 6) is 0.364. The summed E-state index contributed by atoms with van der Waals surface area (Å²) in [6.07, 6.45) is 0. The Morgan fingerprint density at radius 3 is 3.00 bits per heavy atom. The molecule has 10 heavy (non-hydrogen) atoms. The molecular weight excluding hydrogens is 184 g/mol. The zero-order valence-electron chi connectivity index (χ0n) is 4.68. The van der Waals surface area contributed by atoms with Gasteiger partial charge in [0.25, 0.3) is 0 Å². The zero-order chi connectivity index (χ0) is 7.45. The molecule has 0 bridgehead atoms. The predicted molar refractivity (Wildman–Crippen MR) is 30.6 cm³/mol. The smallest absolute Gasteiger partial charge is 0.245 e. The van der Waals surface area contributed by atoms with Crippen LogP contribution in [0.3, 0.4) is 0 Å². The summed E-state index contributed by atoms with van der Waals surface area (Å²) in [6.45, 7) is 0.0103. The van der Waals surface area contributed by atoms with Gasteiger partial charge in [-0.2, -0.15) is 8.42 Å². The van der Waals surface area contributed by atoms with E-state index in [2.05, 4.69) is 17.9 Å². The molecule has 0 aromatic heterocycles. The summed E-state index contributed by atoms with van der Waals surface area (Å²) in [7, 11) is -4.00. The fourth-order valence-corrected chi connectivity index (χ4v) is 1.14. The molecule has 1 saturated heterocycles. The molecule has 0 saturated carbocycles. The van der Waals surface area contributed by atoms with E-state index in [1.807, 2.05) is 0 Å². The maximum Gasteiger partial charge on any atom is 0.428 e. The molecule has 1 heterocycles. The summed E-state index contributed by atoms with van der Waals surface area (Å²) in [4.78, 5) is 0. The molecule has 6 nitrogen and oxygen atoms in total. The fraction of sp³-hybridized carbons (Fsp3) is 1.00. The largest absolute Gasteiger partial charge is 0.428 e. The van der Waals surface area contributed by atoms with Gasteiger partial charge in [0.2, 0.25) is 0 Å². The van der Waals surface area contributed by atoms with Crippen LogP contribution in [-0.2, 0) is 28.3 Å². The quantitative estimate of drug-likeness (QED) is 0.384. The van der Waals surface area contributed by atoms with Crippen molar-refractivity contribution in [3.63, 3.8) is 0 Å². The summed E-state index contributed by atoms with van der Waals surface area (Å²) in [5.41, 5.74) is 0. The van der Waals surface area contributed by atoms with Crippen LogP contribution < -0.4 is 0 Å². The third kappa shape index (κ3) is 2.82. The van der Waals surface area contributed by atoms with Gasteiger partial charge in [0.15, 0.2) is 0 Å². The molecule has 1 fully saturated rings. The highest BCUT2D eigenvalue weighted by Crippen LogP contribution is 2.10. The van der Waals surface area contributed by atoms with E-state index in [0.717, 1.165) is 12.0 Å². The van der Waals surface area contributed by atoms with Gasteiger partial charge >= 0.3 is 10.4 Å². The van der Waals surface area contributed by atoms with Crippen LogP contribution in [0.15, 0.2) is 0 Å². The molecule has 60 valence electrons. The molecule has 0 aromatic carbocycles. The van der Waals surface area contributed by atoms with Crippen LogP contribution in [0.1, 0.15) is 0 Å². The van der Waals surface area contributed by atoms with Crippen molar-refractivity contribution in [1.29, 1.82) is 0 Å². The van der Waals surface area contributed by atoms with Crippen molar-refractivity contribution in [3.05, 3.63) is 0 Å². The van der Waals surface area contributed by atoms with Crippen molar-refractivity contribution < 1.29 is 26.3 Å². The predicted octanol–water partition coefficient (Wildman–Crippen LogP) is -0.211. The average Bonchev–Trinajstić information content (AvgIpc) is 1.81. The van der Waals surface area contributed by atoms with Crippen molar-refractivity contribution in [2.45, 2.75) is 0 Å². The third-order valence-corrected chi connectivity index (χ3v) is 1.74. The van der Waals surface area contributed by atoms with Crippen molar-refractivity contribution in [3.8, 4) is 0 Å². The molecule has 1 aliphatic rings. The summed E-state index contributed by atoms with van der Waals surface area (Å²) in [6, 6.07) is 0. The molecule has 0 atom stereocenters. The SMILES string of the molecule is O=S1(=O)OCCSOOO1. The second-order valence-electron chi connectivity index (χ2n) is 1.26. The highest BCUT2D eigenvalue weighted by atomic mass is 32.3. The van der Waals surface area contributed by atoms with Crippen LogP contribution in [0.25, 0.3) is 0 Å². The maximum atomic E-state index is 10.4. The van der Waals surface area contributed by atoms with E-state index in [1.54, 1.807) is 0 Å². The van der Waals surface area contributed by atoms with Crippen molar-refractivity contribution >= 4 is 22.4 Å². The van der Waals surface area contributed by atoms with E-state index in [1.165, 1.54) is 0 Å². The minimum absolute atomic E-state index is 0.0103. The minimum atomic E-state index is -4.00. The maximum absolute atomic E-state index is 10.4. The van der Waals surface area contributed by atoms with Gasteiger partial charge in [0, 0.05) is 17.8 Å². The summed E-state index contributed by atoms with van der Waals surface area (Å²) in [5, 5.41) is 3.74. The van der Waals surface area contributed by atoms with Gasteiger partial charge in [-0.3, -0.25) is 0 Å². The molecular formula is C2H4O6S2. The van der Waals surface area contributed by atoms with Gasteiger partial charge in [-0.1, -0.05) is 4.33 Å². The van der Waals surface area contributed by atoms with E-state index in [4.69, 9.17) is 0 Å². The third-order valence-electron chi connectivity index (χ3n) is 0.581. The molecule has 0 N–H and O–H groups in total. The Morgan fingerprint density at radius 1 is 1.40 bits per heavy atom. The van der Waals surface area contributed by atoms with Gasteiger partial charge in [0.1, 0.15) is 0 Å². The lowest BCUT2D eigenvalue weighted by atomic mass is 10.9. The van der Waals surface area contributed by atoms with Crippen LogP contribution in [0, 0.1) is 0 Å². The Bertz CT molecular complexity index is 170. The van der Waals surface area contributed by atoms with Gasteiger partial charge in [-0.05, 0) is 5.04 Å². The Labute approximate surface area is 61.8 Å². The van der Waals surface area contributed by atoms with Gasteiger partial charge in [0.05, 0.1) is 6.61 Å². The first kappa shape index (κ1) is 8.24. The molecule has 0 spiro atoms. The topological polar surface area (TPSA) is 71.1 Å². The highest BCUT2D eigenvalue weighted by molar-refractivity contribution is 7.94. The molecule has 0 aliphatic carbocycles. The normalized spacial score (nSPS) is 26.8. The minimum Gasteiger partial charge on any atom is -0.245 e. The van der Waals surface area contributed by atoms with Crippen LogP contribution in [0.5, 0.6) is 0 Å². The molecule has 0 radical (unpaired) electrons. The van der Waals surface area contributed by atoms with Crippen LogP contribution in [0.4, 0.5) is 0 Å². The van der Waals surface area contributed by atoms with E-state index < -0.39 is 10.4 Å². The Kier molecular flexibility index (Phi) is 2.89. The first-order chi connectivity index (χ1) is 4.71. The van der Waals surface area contributed by atoms with E-state index in [-0.39, 0.29) is 6.61 Å². The van der Waals surface area contributed by atoms with Gasteiger partial charge in [-0.25, -0.2) is 4.18 Å². The van der Waals surface area contributed by atoms with Crippen LogP contribution in [0.2, 0.25) is 0 Å². The summed E-state index contributed by atoms with van der Waals surface area (Å²) < 4.78 is 32.7.